The summed E-state index contributed by atoms with van der Waals surface area (Å²) in [5.41, 5.74) is 5.63. The lowest BCUT2D eigenvalue weighted by Crippen LogP contribution is -2.30. The number of nitrogens with zero attached hydrogens (tertiary/aromatic N) is 1. The average Bonchev–Trinajstić information content (AvgIpc) is 3.07. The van der Waals surface area contributed by atoms with E-state index < -0.39 is 15.8 Å². The van der Waals surface area contributed by atoms with Crippen molar-refractivity contribution in [3.05, 3.63) is 28.0 Å². The van der Waals surface area contributed by atoms with E-state index in [0.29, 0.717) is 22.9 Å². The smallest absolute Gasteiger partial charge is 0.245 e. The van der Waals surface area contributed by atoms with E-state index in [0.717, 1.165) is 6.42 Å². The fourth-order valence-corrected chi connectivity index (χ4v) is 4.22. The van der Waals surface area contributed by atoms with Crippen LogP contribution in [0.4, 0.5) is 4.39 Å². The van der Waals surface area contributed by atoms with Gasteiger partial charge in [-0.15, -0.1) is 0 Å². The highest BCUT2D eigenvalue weighted by Crippen LogP contribution is 2.39. The maximum atomic E-state index is 14.2. The maximum absolute atomic E-state index is 14.2. The van der Waals surface area contributed by atoms with Gasteiger partial charge in [0.1, 0.15) is 10.7 Å². The molecule has 1 aromatic carbocycles. The lowest BCUT2D eigenvalue weighted by molar-refractivity contribution is 0.439. The molecule has 0 aromatic heterocycles. The Morgan fingerprint density at radius 1 is 1.50 bits per heavy atom. The van der Waals surface area contributed by atoms with Crippen LogP contribution in [-0.2, 0) is 16.6 Å². The Balaban J connectivity index is 2.35. The van der Waals surface area contributed by atoms with E-state index in [1.807, 2.05) is 0 Å². The van der Waals surface area contributed by atoms with Crippen molar-refractivity contribution in [2.45, 2.75) is 24.8 Å². The first-order chi connectivity index (χ1) is 9.27. The average molecular weight is 365 g/mol. The van der Waals surface area contributed by atoms with Crippen LogP contribution in [0.25, 0.3) is 0 Å². The van der Waals surface area contributed by atoms with Gasteiger partial charge in [-0.2, -0.15) is 0 Å². The van der Waals surface area contributed by atoms with Crippen LogP contribution < -0.4 is 5.73 Å². The van der Waals surface area contributed by atoms with Gasteiger partial charge in [0.2, 0.25) is 10.0 Å². The molecule has 2 unspecified atom stereocenters. The van der Waals surface area contributed by atoms with Crippen LogP contribution in [0.2, 0.25) is 0 Å². The Hall–Kier alpha value is -0.500. The molecular formula is C13H18BrFN2O2S. The van der Waals surface area contributed by atoms with Crippen LogP contribution in [-0.4, -0.2) is 26.3 Å². The lowest BCUT2D eigenvalue weighted by Gasteiger charge is -2.18. The second-order valence-electron chi connectivity index (χ2n) is 5.34. The minimum atomic E-state index is -3.83. The summed E-state index contributed by atoms with van der Waals surface area (Å²) in [6.45, 7) is 2.46. The molecule has 7 heteroatoms. The number of sulfonamides is 1. The molecule has 0 amide bonds. The van der Waals surface area contributed by atoms with Crippen LogP contribution in [0.5, 0.6) is 0 Å². The van der Waals surface area contributed by atoms with Crippen LogP contribution in [0.1, 0.15) is 18.9 Å². The van der Waals surface area contributed by atoms with E-state index in [4.69, 9.17) is 5.73 Å². The molecule has 2 atom stereocenters. The monoisotopic (exact) mass is 364 g/mol. The highest BCUT2D eigenvalue weighted by Gasteiger charge is 2.37. The Morgan fingerprint density at radius 3 is 2.60 bits per heavy atom. The van der Waals surface area contributed by atoms with Crippen molar-refractivity contribution >= 4 is 26.0 Å². The van der Waals surface area contributed by atoms with Crippen LogP contribution >= 0.6 is 15.9 Å². The van der Waals surface area contributed by atoms with Crippen molar-refractivity contribution in [2.75, 3.05) is 13.6 Å². The topological polar surface area (TPSA) is 63.4 Å². The molecule has 4 nitrogen and oxygen atoms in total. The zero-order chi connectivity index (χ0) is 15.1. The van der Waals surface area contributed by atoms with Crippen molar-refractivity contribution in [1.29, 1.82) is 0 Å². The molecule has 2 N–H and O–H groups in total. The van der Waals surface area contributed by atoms with Crippen molar-refractivity contribution in [3.63, 3.8) is 0 Å². The third-order valence-corrected chi connectivity index (χ3v) is 6.04. The molecule has 1 aromatic rings. The summed E-state index contributed by atoms with van der Waals surface area (Å²) < 4.78 is 40.9. The number of halogens is 2. The number of hydrogen-bond donors (Lipinski definition) is 1. The number of benzene rings is 1. The normalized spacial score (nSPS) is 22.3. The fraction of sp³-hybridized carbons (Fsp3) is 0.538. The van der Waals surface area contributed by atoms with E-state index in [9.17, 15) is 12.8 Å². The lowest BCUT2D eigenvalue weighted by atomic mass is 10.2. The van der Waals surface area contributed by atoms with Gasteiger partial charge in [-0.1, -0.05) is 22.9 Å². The van der Waals surface area contributed by atoms with Crippen LogP contribution in [0.3, 0.4) is 0 Å². The molecule has 1 saturated carbocycles. The second-order valence-corrected chi connectivity index (χ2v) is 8.27. The van der Waals surface area contributed by atoms with Crippen molar-refractivity contribution in [3.8, 4) is 0 Å². The Kier molecular flexibility index (Phi) is 4.53. The summed E-state index contributed by atoms with van der Waals surface area (Å²) in [5, 5.41) is 0. The van der Waals surface area contributed by atoms with E-state index in [1.165, 1.54) is 23.5 Å². The molecule has 0 spiro atoms. The van der Waals surface area contributed by atoms with Gasteiger partial charge in [-0.05, 0) is 30.4 Å². The largest absolute Gasteiger partial charge is 0.326 e. The van der Waals surface area contributed by atoms with Crippen molar-refractivity contribution < 1.29 is 12.8 Å². The van der Waals surface area contributed by atoms with Crippen LogP contribution in [0.15, 0.2) is 21.5 Å². The summed E-state index contributed by atoms with van der Waals surface area (Å²) in [7, 11) is -2.34. The van der Waals surface area contributed by atoms with Gasteiger partial charge in [0, 0.05) is 30.2 Å². The third-order valence-electron chi connectivity index (χ3n) is 3.76. The standard InChI is InChI=1S/C13H18BrFN2O2S/c1-8-3-10(8)7-17(2)20(18,19)12-5-11(14)4-9(6-16)13(12)15/h4-5,8,10H,3,6-7,16H2,1-2H3. The van der Waals surface area contributed by atoms with Crippen molar-refractivity contribution in [1.82, 2.24) is 4.31 Å². The molecule has 0 radical (unpaired) electrons. The molecule has 20 heavy (non-hydrogen) atoms. The fourth-order valence-electron chi connectivity index (χ4n) is 2.20. The third kappa shape index (κ3) is 3.05. The molecule has 1 aliphatic carbocycles. The molecule has 0 saturated heterocycles. The van der Waals surface area contributed by atoms with Gasteiger partial charge >= 0.3 is 0 Å². The van der Waals surface area contributed by atoms with E-state index in [2.05, 4.69) is 22.9 Å². The SMILES string of the molecule is CC1CC1CN(C)S(=O)(=O)c1cc(Br)cc(CN)c1F. The Labute approximate surface area is 127 Å². The molecule has 0 heterocycles. The van der Waals surface area contributed by atoms with Gasteiger partial charge in [0.25, 0.3) is 0 Å². The highest BCUT2D eigenvalue weighted by atomic mass is 79.9. The summed E-state index contributed by atoms with van der Waals surface area (Å²) in [4.78, 5) is -0.317. The quantitative estimate of drug-likeness (QED) is 0.871. The number of rotatable bonds is 5. The summed E-state index contributed by atoms with van der Waals surface area (Å²) in [5.74, 6) is 0.157. The number of nitrogens with two attached hydrogens (primary N) is 1. The van der Waals surface area contributed by atoms with Gasteiger partial charge in [-0.25, -0.2) is 17.1 Å². The van der Waals surface area contributed by atoms with Gasteiger partial charge in [-0.3, -0.25) is 0 Å². The first-order valence-electron chi connectivity index (χ1n) is 6.41. The highest BCUT2D eigenvalue weighted by molar-refractivity contribution is 9.10. The second kappa shape index (κ2) is 5.71. The maximum Gasteiger partial charge on any atom is 0.245 e. The van der Waals surface area contributed by atoms with E-state index >= 15 is 0 Å². The minimum Gasteiger partial charge on any atom is -0.326 e. The molecule has 1 aliphatic rings. The first kappa shape index (κ1) is 15.9. The molecule has 1 fully saturated rings. The molecular weight excluding hydrogens is 347 g/mol. The van der Waals surface area contributed by atoms with Gasteiger partial charge in [0.05, 0.1) is 0 Å². The zero-order valence-corrected chi connectivity index (χ0v) is 13.8. The van der Waals surface area contributed by atoms with E-state index in [-0.39, 0.29) is 17.0 Å². The van der Waals surface area contributed by atoms with Crippen LogP contribution in [0, 0.1) is 17.7 Å². The molecule has 2 rings (SSSR count). The van der Waals surface area contributed by atoms with Crippen molar-refractivity contribution in [2.24, 2.45) is 17.6 Å². The predicted molar refractivity (Wildman–Crippen MR) is 79.1 cm³/mol. The summed E-state index contributed by atoms with van der Waals surface area (Å²) in [6.07, 6.45) is 1.02. The molecule has 0 aliphatic heterocycles. The van der Waals surface area contributed by atoms with Gasteiger partial charge in [0.15, 0.2) is 0 Å². The Bertz CT molecular complexity index is 621. The van der Waals surface area contributed by atoms with E-state index in [1.54, 1.807) is 0 Å². The molecule has 0 bridgehead atoms. The summed E-state index contributed by atoms with van der Waals surface area (Å²) >= 11 is 3.20. The minimum absolute atomic E-state index is 0.0445. The Morgan fingerprint density at radius 2 is 2.10 bits per heavy atom. The summed E-state index contributed by atoms with van der Waals surface area (Å²) in [6, 6.07) is 2.79. The zero-order valence-electron chi connectivity index (χ0n) is 11.4. The first-order valence-corrected chi connectivity index (χ1v) is 8.65. The van der Waals surface area contributed by atoms with Gasteiger partial charge < -0.3 is 5.73 Å². The number of hydrogen-bond acceptors (Lipinski definition) is 3. The molecule has 112 valence electrons. The predicted octanol–water partition coefficient (Wildman–Crippen LogP) is 2.32.